The van der Waals surface area contributed by atoms with Gasteiger partial charge in [-0.1, -0.05) is 0 Å². The Kier molecular flexibility index (Phi) is 5.80. The Bertz CT molecular complexity index is 450. The zero-order chi connectivity index (χ0) is 15.1. The number of furan rings is 1. The Labute approximate surface area is 124 Å². The summed E-state index contributed by atoms with van der Waals surface area (Å²) in [7, 11) is 1.60. The van der Waals surface area contributed by atoms with Crippen molar-refractivity contribution < 1.29 is 18.7 Å². The minimum Gasteiger partial charge on any atom is -0.472 e. The third kappa shape index (κ3) is 4.60. The Balaban J connectivity index is 1.67. The Morgan fingerprint density at radius 2 is 2.19 bits per heavy atom. The number of piperidine rings is 1. The highest BCUT2D eigenvalue weighted by molar-refractivity contribution is 5.93. The first kappa shape index (κ1) is 15.6. The maximum Gasteiger partial charge on any atom is 0.254 e. The smallest absolute Gasteiger partial charge is 0.254 e. The molecular weight excluding hydrogens is 272 g/mol. The van der Waals surface area contributed by atoms with Crippen LogP contribution in [0.5, 0.6) is 0 Å². The number of carbonyl (C=O) groups is 2. The lowest BCUT2D eigenvalue weighted by atomic mass is 9.96. The van der Waals surface area contributed by atoms with E-state index in [1.54, 1.807) is 13.2 Å². The van der Waals surface area contributed by atoms with E-state index in [9.17, 15) is 9.59 Å². The molecule has 2 rings (SSSR count). The fourth-order valence-electron chi connectivity index (χ4n) is 2.47. The van der Waals surface area contributed by atoms with Crippen LogP contribution in [0.3, 0.4) is 0 Å². The highest BCUT2D eigenvalue weighted by atomic mass is 16.5. The topological polar surface area (TPSA) is 71.8 Å². The van der Waals surface area contributed by atoms with Crippen molar-refractivity contribution >= 4 is 11.8 Å². The maximum absolute atomic E-state index is 11.9. The number of hydrogen-bond donors (Lipinski definition) is 1. The van der Waals surface area contributed by atoms with E-state index in [0.717, 1.165) is 25.9 Å². The molecule has 0 aliphatic carbocycles. The molecule has 2 amide bonds. The molecule has 0 spiro atoms. The van der Waals surface area contributed by atoms with Gasteiger partial charge in [0.05, 0.1) is 24.9 Å². The van der Waals surface area contributed by atoms with E-state index in [0.29, 0.717) is 31.1 Å². The normalized spacial score (nSPS) is 16.0. The van der Waals surface area contributed by atoms with Crippen molar-refractivity contribution in [2.45, 2.75) is 19.3 Å². The summed E-state index contributed by atoms with van der Waals surface area (Å²) in [5.74, 6) is 0.465. The highest BCUT2D eigenvalue weighted by Crippen LogP contribution is 2.17. The van der Waals surface area contributed by atoms with E-state index in [2.05, 4.69) is 5.32 Å². The minimum absolute atomic E-state index is 0.109. The summed E-state index contributed by atoms with van der Waals surface area (Å²) in [4.78, 5) is 25.5. The predicted molar refractivity (Wildman–Crippen MR) is 76.8 cm³/mol. The van der Waals surface area contributed by atoms with Gasteiger partial charge in [0.1, 0.15) is 6.26 Å². The zero-order valence-electron chi connectivity index (χ0n) is 12.3. The fourth-order valence-corrected chi connectivity index (χ4v) is 2.47. The van der Waals surface area contributed by atoms with Crippen LogP contribution in [-0.2, 0) is 9.53 Å². The number of nitrogens with zero attached hydrogens (tertiary/aromatic N) is 1. The van der Waals surface area contributed by atoms with Gasteiger partial charge in [-0.15, -0.1) is 0 Å². The van der Waals surface area contributed by atoms with Gasteiger partial charge in [-0.05, 0) is 24.8 Å². The zero-order valence-corrected chi connectivity index (χ0v) is 12.3. The number of nitrogens with one attached hydrogen (secondary N) is 1. The van der Waals surface area contributed by atoms with Gasteiger partial charge in [-0.2, -0.15) is 0 Å². The van der Waals surface area contributed by atoms with E-state index in [1.807, 2.05) is 4.90 Å². The largest absolute Gasteiger partial charge is 0.472 e. The van der Waals surface area contributed by atoms with Crippen LogP contribution in [-0.4, -0.2) is 50.1 Å². The molecule has 0 saturated carbocycles. The van der Waals surface area contributed by atoms with Crippen LogP contribution in [0.4, 0.5) is 0 Å². The molecule has 0 aromatic carbocycles. The van der Waals surface area contributed by atoms with Gasteiger partial charge in [0.2, 0.25) is 5.91 Å². The van der Waals surface area contributed by atoms with Crippen molar-refractivity contribution in [1.29, 1.82) is 0 Å². The van der Waals surface area contributed by atoms with Gasteiger partial charge < -0.3 is 19.4 Å². The van der Waals surface area contributed by atoms with Crippen LogP contribution in [0.2, 0.25) is 0 Å². The highest BCUT2D eigenvalue weighted by Gasteiger charge is 2.22. The molecule has 6 nitrogen and oxygen atoms in total. The summed E-state index contributed by atoms with van der Waals surface area (Å²) in [5.41, 5.74) is 0.544. The van der Waals surface area contributed by atoms with Crippen molar-refractivity contribution in [1.82, 2.24) is 10.2 Å². The number of methoxy groups -OCH3 is 1. The number of amides is 2. The number of likely N-dealkylation sites (tertiary alicyclic amines) is 1. The molecule has 116 valence electrons. The van der Waals surface area contributed by atoms with Crippen LogP contribution in [0.15, 0.2) is 23.0 Å². The van der Waals surface area contributed by atoms with E-state index in [-0.39, 0.29) is 11.8 Å². The number of hydrogen-bond acceptors (Lipinski definition) is 4. The molecule has 2 heterocycles. The summed E-state index contributed by atoms with van der Waals surface area (Å²) < 4.78 is 9.81. The van der Waals surface area contributed by atoms with Gasteiger partial charge in [0.25, 0.3) is 5.91 Å². The standard InChI is InChI=1S/C15H22N2O4/c1-20-8-5-14(18)17-6-2-12(3-7-17)10-16-15(19)13-4-9-21-11-13/h4,9,11-12H,2-3,5-8,10H2,1H3,(H,16,19). The lowest BCUT2D eigenvalue weighted by Gasteiger charge is -2.32. The molecule has 0 atom stereocenters. The minimum atomic E-state index is -0.109. The molecule has 1 aliphatic heterocycles. The second-order valence-electron chi connectivity index (χ2n) is 5.29. The van der Waals surface area contributed by atoms with E-state index in [4.69, 9.17) is 9.15 Å². The first-order valence-electron chi connectivity index (χ1n) is 7.28. The van der Waals surface area contributed by atoms with Crippen molar-refractivity contribution in [2.24, 2.45) is 5.92 Å². The van der Waals surface area contributed by atoms with E-state index in [1.165, 1.54) is 12.5 Å². The second-order valence-corrected chi connectivity index (χ2v) is 5.29. The molecule has 1 aliphatic rings. The Morgan fingerprint density at radius 3 is 2.81 bits per heavy atom. The molecule has 0 unspecified atom stereocenters. The number of rotatable bonds is 6. The molecule has 6 heteroatoms. The van der Waals surface area contributed by atoms with Crippen molar-refractivity contribution in [3.05, 3.63) is 24.2 Å². The summed E-state index contributed by atoms with van der Waals surface area (Å²) in [5, 5.41) is 2.91. The van der Waals surface area contributed by atoms with Gasteiger partial charge in [-0.25, -0.2) is 0 Å². The quantitative estimate of drug-likeness (QED) is 0.858. The monoisotopic (exact) mass is 294 g/mol. The van der Waals surface area contributed by atoms with E-state index < -0.39 is 0 Å². The number of ether oxygens (including phenoxy) is 1. The molecule has 1 aromatic heterocycles. The first-order valence-corrected chi connectivity index (χ1v) is 7.28. The van der Waals surface area contributed by atoms with E-state index >= 15 is 0 Å². The number of carbonyl (C=O) groups excluding carboxylic acids is 2. The summed E-state index contributed by atoms with van der Waals surface area (Å²) in [6, 6.07) is 1.65. The third-order valence-corrected chi connectivity index (χ3v) is 3.82. The first-order chi connectivity index (χ1) is 10.2. The average molecular weight is 294 g/mol. The Morgan fingerprint density at radius 1 is 1.43 bits per heavy atom. The Hall–Kier alpha value is -1.82. The lowest BCUT2D eigenvalue weighted by Crippen LogP contribution is -2.41. The van der Waals surface area contributed by atoms with Crippen LogP contribution in [0.1, 0.15) is 29.6 Å². The van der Waals surface area contributed by atoms with Gasteiger partial charge in [-0.3, -0.25) is 9.59 Å². The lowest BCUT2D eigenvalue weighted by molar-refractivity contribution is -0.133. The molecule has 0 bridgehead atoms. The SMILES string of the molecule is COCCC(=O)N1CCC(CNC(=O)c2ccoc2)CC1. The molecule has 1 N–H and O–H groups in total. The summed E-state index contributed by atoms with van der Waals surface area (Å²) in [6.07, 6.45) is 5.21. The van der Waals surface area contributed by atoms with Crippen molar-refractivity contribution in [3.8, 4) is 0 Å². The van der Waals surface area contributed by atoms with Crippen molar-refractivity contribution in [2.75, 3.05) is 33.4 Å². The average Bonchev–Trinajstić information content (AvgIpc) is 3.05. The molecule has 0 radical (unpaired) electrons. The predicted octanol–water partition coefficient (Wildman–Crippen LogP) is 1.28. The third-order valence-electron chi connectivity index (χ3n) is 3.82. The second kappa shape index (κ2) is 7.83. The molecular formula is C15H22N2O4. The van der Waals surface area contributed by atoms with Crippen LogP contribution in [0.25, 0.3) is 0 Å². The van der Waals surface area contributed by atoms with Crippen molar-refractivity contribution in [3.63, 3.8) is 0 Å². The molecule has 21 heavy (non-hydrogen) atoms. The fraction of sp³-hybridized carbons (Fsp3) is 0.600. The molecule has 1 aromatic rings. The van der Waals surface area contributed by atoms with Gasteiger partial charge in [0, 0.05) is 26.7 Å². The molecule has 1 fully saturated rings. The summed E-state index contributed by atoms with van der Waals surface area (Å²) >= 11 is 0. The van der Waals surface area contributed by atoms with Gasteiger partial charge >= 0.3 is 0 Å². The van der Waals surface area contributed by atoms with Crippen LogP contribution in [0, 0.1) is 5.92 Å². The molecule has 1 saturated heterocycles. The van der Waals surface area contributed by atoms with Gasteiger partial charge in [0.15, 0.2) is 0 Å². The van der Waals surface area contributed by atoms with Crippen LogP contribution >= 0.6 is 0 Å². The maximum atomic E-state index is 11.9. The summed E-state index contributed by atoms with van der Waals surface area (Å²) in [6.45, 7) is 2.63. The van der Waals surface area contributed by atoms with Crippen LogP contribution < -0.4 is 5.32 Å².